The van der Waals surface area contributed by atoms with Crippen LogP contribution >= 0.6 is 23.2 Å². The Hall–Kier alpha value is -2.82. The molecule has 1 N–H and O–H groups in total. The summed E-state index contributed by atoms with van der Waals surface area (Å²) >= 11 is 12.3. The van der Waals surface area contributed by atoms with Gasteiger partial charge in [0.1, 0.15) is 11.3 Å². The van der Waals surface area contributed by atoms with Crippen LogP contribution in [0.4, 0.5) is 5.69 Å². The van der Waals surface area contributed by atoms with Crippen LogP contribution in [0.25, 0.3) is 22.6 Å². The zero-order valence-corrected chi connectivity index (χ0v) is 15.8. The number of rotatable bonds is 3. The van der Waals surface area contributed by atoms with Crippen LogP contribution in [0.3, 0.4) is 0 Å². The minimum atomic E-state index is 0.185. The van der Waals surface area contributed by atoms with E-state index in [1.54, 1.807) is 36.5 Å². The van der Waals surface area contributed by atoms with Crippen LogP contribution in [0.1, 0.15) is 11.1 Å². The molecule has 4 aromatic rings. The van der Waals surface area contributed by atoms with E-state index >= 15 is 0 Å². The molecule has 0 amide bonds. The normalized spacial score (nSPS) is 11.5. The highest BCUT2D eigenvalue weighted by atomic mass is 35.5. The van der Waals surface area contributed by atoms with E-state index in [1.807, 2.05) is 31.2 Å². The van der Waals surface area contributed by atoms with E-state index in [0.29, 0.717) is 43.9 Å². The Bertz CT molecular complexity index is 1180. The van der Waals surface area contributed by atoms with Crippen molar-refractivity contribution in [2.75, 3.05) is 0 Å². The van der Waals surface area contributed by atoms with E-state index in [9.17, 15) is 5.11 Å². The first kappa shape index (κ1) is 17.6. The van der Waals surface area contributed by atoms with Gasteiger partial charge in [-0.2, -0.15) is 0 Å². The van der Waals surface area contributed by atoms with Gasteiger partial charge in [-0.1, -0.05) is 34.8 Å². The summed E-state index contributed by atoms with van der Waals surface area (Å²) in [5.74, 6) is 0.583. The summed E-state index contributed by atoms with van der Waals surface area (Å²) in [5.41, 5.74) is 4.31. The van der Waals surface area contributed by atoms with Crippen molar-refractivity contribution in [3.63, 3.8) is 0 Å². The third-order valence-electron chi connectivity index (χ3n) is 4.07. The number of phenolic OH excluding ortho intramolecular Hbond substituents is 1. The highest BCUT2D eigenvalue weighted by molar-refractivity contribution is 6.35. The number of fused-ring (bicyclic) bond motifs is 1. The minimum Gasteiger partial charge on any atom is -0.507 e. The van der Waals surface area contributed by atoms with Gasteiger partial charge in [0.25, 0.3) is 0 Å². The fourth-order valence-electron chi connectivity index (χ4n) is 2.69. The maximum atomic E-state index is 9.92. The van der Waals surface area contributed by atoms with Gasteiger partial charge in [-0.3, -0.25) is 4.99 Å². The molecule has 0 aliphatic heterocycles. The van der Waals surface area contributed by atoms with Crippen molar-refractivity contribution in [2.45, 2.75) is 6.92 Å². The topological polar surface area (TPSA) is 58.6 Å². The average Bonchev–Trinajstić information content (AvgIpc) is 3.07. The van der Waals surface area contributed by atoms with Crippen LogP contribution < -0.4 is 0 Å². The Balaban J connectivity index is 1.70. The predicted molar refractivity (Wildman–Crippen MR) is 110 cm³/mol. The number of benzene rings is 3. The Morgan fingerprint density at radius 2 is 1.89 bits per heavy atom. The van der Waals surface area contributed by atoms with Crippen molar-refractivity contribution in [1.82, 2.24) is 4.98 Å². The number of hydrogen-bond donors (Lipinski definition) is 1. The van der Waals surface area contributed by atoms with Gasteiger partial charge in [0.05, 0.1) is 16.3 Å². The van der Waals surface area contributed by atoms with E-state index in [4.69, 9.17) is 27.6 Å². The van der Waals surface area contributed by atoms with Crippen LogP contribution in [0.15, 0.2) is 64.0 Å². The van der Waals surface area contributed by atoms with Crippen molar-refractivity contribution < 1.29 is 9.52 Å². The Morgan fingerprint density at radius 3 is 2.74 bits per heavy atom. The Labute approximate surface area is 165 Å². The molecule has 0 fully saturated rings. The third-order valence-corrected chi connectivity index (χ3v) is 4.63. The summed E-state index contributed by atoms with van der Waals surface area (Å²) in [6.07, 6.45) is 1.62. The maximum absolute atomic E-state index is 9.92. The zero-order valence-electron chi connectivity index (χ0n) is 14.3. The molecule has 27 heavy (non-hydrogen) atoms. The minimum absolute atomic E-state index is 0.185. The molecule has 0 aliphatic rings. The first-order valence-corrected chi connectivity index (χ1v) is 8.95. The quantitative estimate of drug-likeness (QED) is 0.398. The summed E-state index contributed by atoms with van der Waals surface area (Å²) in [4.78, 5) is 8.93. The van der Waals surface area contributed by atoms with Gasteiger partial charge in [-0.15, -0.1) is 0 Å². The fraction of sp³-hybridized carbons (Fsp3) is 0.0476. The van der Waals surface area contributed by atoms with Gasteiger partial charge in [-0.05, 0) is 55.5 Å². The van der Waals surface area contributed by atoms with E-state index < -0.39 is 0 Å². The van der Waals surface area contributed by atoms with Gasteiger partial charge in [0.2, 0.25) is 5.89 Å². The molecule has 0 aliphatic carbocycles. The monoisotopic (exact) mass is 396 g/mol. The molecule has 0 atom stereocenters. The molecule has 0 saturated carbocycles. The first-order valence-electron chi connectivity index (χ1n) is 8.19. The number of aryl methyl sites for hydroxylation is 1. The highest BCUT2D eigenvalue weighted by Crippen LogP contribution is 2.33. The fourth-order valence-corrected chi connectivity index (χ4v) is 3.06. The number of aromatic nitrogens is 1. The van der Waals surface area contributed by atoms with E-state index in [1.165, 1.54) is 0 Å². The lowest BCUT2D eigenvalue weighted by Gasteiger charge is -2.00. The molecule has 134 valence electrons. The standard InChI is InChI=1S/C21H14Cl2N2O2/c1-12-2-6-19(26)13(8-12)11-24-15-4-7-20-18(10-15)25-21(27-20)16-9-14(22)3-5-17(16)23/h2-11,26H,1H3. The van der Waals surface area contributed by atoms with Crippen molar-refractivity contribution in [2.24, 2.45) is 4.99 Å². The lowest BCUT2D eigenvalue weighted by atomic mass is 10.1. The van der Waals surface area contributed by atoms with Crippen molar-refractivity contribution in [3.8, 4) is 17.2 Å². The maximum Gasteiger partial charge on any atom is 0.228 e. The molecule has 4 rings (SSSR count). The van der Waals surface area contributed by atoms with Crippen LogP contribution in [0.5, 0.6) is 5.75 Å². The van der Waals surface area contributed by atoms with Crippen molar-refractivity contribution in [3.05, 3.63) is 75.8 Å². The Kier molecular flexibility index (Phi) is 4.60. The van der Waals surface area contributed by atoms with Crippen molar-refractivity contribution in [1.29, 1.82) is 0 Å². The summed E-state index contributed by atoms with van der Waals surface area (Å²) in [6.45, 7) is 1.96. The molecule has 6 heteroatoms. The number of hydrogen-bond acceptors (Lipinski definition) is 4. The summed E-state index contributed by atoms with van der Waals surface area (Å²) in [7, 11) is 0. The second-order valence-corrected chi connectivity index (χ2v) is 6.96. The number of aliphatic imine (C=N–C) groups is 1. The van der Waals surface area contributed by atoms with Crippen LogP contribution in [0, 0.1) is 6.92 Å². The van der Waals surface area contributed by atoms with Gasteiger partial charge in [0.15, 0.2) is 5.58 Å². The summed E-state index contributed by atoms with van der Waals surface area (Å²) < 4.78 is 5.80. The van der Waals surface area contributed by atoms with Gasteiger partial charge in [-0.25, -0.2) is 4.98 Å². The third kappa shape index (κ3) is 3.68. The molecular formula is C21H14Cl2N2O2. The highest BCUT2D eigenvalue weighted by Gasteiger charge is 2.12. The van der Waals surface area contributed by atoms with Crippen LogP contribution in [0.2, 0.25) is 10.0 Å². The zero-order chi connectivity index (χ0) is 19.0. The smallest absolute Gasteiger partial charge is 0.228 e. The molecule has 1 heterocycles. The molecule has 3 aromatic carbocycles. The molecule has 4 nitrogen and oxygen atoms in total. The predicted octanol–water partition coefficient (Wildman–Crippen LogP) is 6.57. The van der Waals surface area contributed by atoms with Gasteiger partial charge >= 0.3 is 0 Å². The lowest BCUT2D eigenvalue weighted by molar-refractivity contribution is 0.474. The SMILES string of the molecule is Cc1ccc(O)c(C=Nc2ccc3oc(-c4cc(Cl)ccc4Cl)nc3c2)c1. The number of aromatic hydroxyl groups is 1. The van der Waals surface area contributed by atoms with Gasteiger partial charge < -0.3 is 9.52 Å². The lowest BCUT2D eigenvalue weighted by Crippen LogP contribution is -1.83. The Morgan fingerprint density at radius 1 is 1.04 bits per heavy atom. The van der Waals surface area contributed by atoms with E-state index in [2.05, 4.69) is 9.98 Å². The summed E-state index contributed by atoms with van der Waals surface area (Å²) in [5, 5.41) is 11.0. The van der Waals surface area contributed by atoms with Gasteiger partial charge in [0, 0.05) is 16.8 Å². The van der Waals surface area contributed by atoms with E-state index in [0.717, 1.165) is 5.56 Å². The second-order valence-electron chi connectivity index (χ2n) is 6.12. The molecule has 1 aromatic heterocycles. The molecule has 0 unspecified atom stereocenters. The molecule has 0 spiro atoms. The molecule has 0 bridgehead atoms. The number of phenols is 1. The van der Waals surface area contributed by atoms with Crippen molar-refractivity contribution >= 4 is 46.2 Å². The molecule has 0 saturated heterocycles. The number of halogens is 2. The van der Waals surface area contributed by atoms with Crippen LogP contribution in [-0.2, 0) is 0 Å². The number of nitrogens with zero attached hydrogens (tertiary/aromatic N) is 2. The largest absolute Gasteiger partial charge is 0.507 e. The summed E-state index contributed by atoms with van der Waals surface area (Å²) in [6, 6.07) is 15.9. The average molecular weight is 397 g/mol. The van der Waals surface area contributed by atoms with Crippen LogP contribution in [-0.4, -0.2) is 16.3 Å². The first-order chi connectivity index (χ1) is 13.0. The number of oxazole rings is 1. The van der Waals surface area contributed by atoms with E-state index in [-0.39, 0.29) is 5.75 Å². The molecule has 0 radical (unpaired) electrons. The second kappa shape index (κ2) is 7.06. The molecular weight excluding hydrogens is 383 g/mol.